The molecule has 118 valence electrons. The molecule has 1 aliphatic heterocycles. The number of ether oxygens (including phenoxy) is 1. The van der Waals surface area contributed by atoms with Gasteiger partial charge >= 0.3 is 0 Å². The Kier molecular flexibility index (Phi) is 4.80. The van der Waals surface area contributed by atoms with E-state index in [2.05, 4.69) is 0 Å². The maximum Gasteiger partial charge on any atom is 0.245 e. The van der Waals surface area contributed by atoms with Crippen LogP contribution in [0.2, 0.25) is 0 Å². The Labute approximate surface area is 122 Å². The Bertz CT molecular complexity index is 616. The third kappa shape index (κ3) is 3.33. The molecule has 0 spiro atoms. The van der Waals surface area contributed by atoms with Gasteiger partial charge in [-0.25, -0.2) is 21.5 Å². The van der Waals surface area contributed by atoms with Crippen LogP contribution in [0.1, 0.15) is 12.8 Å². The second-order valence-corrected chi connectivity index (χ2v) is 7.13. The van der Waals surface area contributed by atoms with Crippen molar-refractivity contribution in [3.8, 4) is 0 Å². The summed E-state index contributed by atoms with van der Waals surface area (Å²) in [5.74, 6) is -2.05. The minimum atomic E-state index is -4.04. The topological polar surface area (TPSA) is 72.6 Å². The van der Waals surface area contributed by atoms with Crippen molar-refractivity contribution in [3.63, 3.8) is 0 Å². The van der Waals surface area contributed by atoms with Gasteiger partial charge in [0.15, 0.2) is 5.82 Å². The van der Waals surface area contributed by atoms with Crippen LogP contribution in [0.5, 0.6) is 0 Å². The van der Waals surface area contributed by atoms with E-state index in [-0.39, 0.29) is 12.5 Å². The molecule has 5 nitrogen and oxygen atoms in total. The normalized spacial score (nSPS) is 17.3. The fourth-order valence-corrected chi connectivity index (χ4v) is 3.63. The molecule has 1 fully saturated rings. The van der Waals surface area contributed by atoms with Crippen LogP contribution in [0, 0.1) is 17.6 Å². The Balaban J connectivity index is 2.22. The van der Waals surface area contributed by atoms with Gasteiger partial charge in [0.2, 0.25) is 10.0 Å². The minimum absolute atomic E-state index is 0.166. The van der Waals surface area contributed by atoms with E-state index in [0.717, 1.165) is 29.3 Å². The van der Waals surface area contributed by atoms with Crippen molar-refractivity contribution in [2.45, 2.75) is 17.7 Å². The number of anilines is 1. The molecule has 21 heavy (non-hydrogen) atoms. The summed E-state index contributed by atoms with van der Waals surface area (Å²) >= 11 is 0. The highest BCUT2D eigenvalue weighted by molar-refractivity contribution is 7.89. The van der Waals surface area contributed by atoms with Crippen LogP contribution in [0.3, 0.4) is 0 Å². The van der Waals surface area contributed by atoms with Gasteiger partial charge in [-0.15, -0.1) is 0 Å². The number of nitrogens with two attached hydrogens (primary N) is 1. The van der Waals surface area contributed by atoms with Crippen LogP contribution in [-0.2, 0) is 14.8 Å². The zero-order chi connectivity index (χ0) is 15.6. The van der Waals surface area contributed by atoms with Gasteiger partial charge in [0, 0.05) is 26.8 Å². The van der Waals surface area contributed by atoms with E-state index in [1.54, 1.807) is 0 Å². The predicted molar refractivity (Wildman–Crippen MR) is 74.1 cm³/mol. The number of rotatable bonds is 4. The lowest BCUT2D eigenvalue weighted by molar-refractivity contribution is 0.0620. The second-order valence-electron chi connectivity index (χ2n) is 5.11. The Morgan fingerprint density at radius 1 is 1.33 bits per heavy atom. The molecule has 1 aromatic rings. The highest BCUT2D eigenvalue weighted by Crippen LogP contribution is 2.26. The Hall–Kier alpha value is -1.25. The molecule has 0 bridgehead atoms. The van der Waals surface area contributed by atoms with Crippen molar-refractivity contribution in [1.82, 2.24) is 4.31 Å². The van der Waals surface area contributed by atoms with Crippen molar-refractivity contribution in [3.05, 3.63) is 23.8 Å². The van der Waals surface area contributed by atoms with Gasteiger partial charge in [-0.2, -0.15) is 0 Å². The summed E-state index contributed by atoms with van der Waals surface area (Å²) in [5.41, 5.74) is 4.43. The van der Waals surface area contributed by atoms with Gasteiger partial charge < -0.3 is 10.5 Å². The number of halogens is 2. The molecule has 1 aliphatic rings. The molecule has 0 radical (unpaired) electrons. The molecule has 0 atom stereocenters. The summed E-state index contributed by atoms with van der Waals surface area (Å²) in [4.78, 5) is -0.601. The zero-order valence-electron chi connectivity index (χ0n) is 11.7. The van der Waals surface area contributed by atoms with Crippen LogP contribution in [0.4, 0.5) is 14.5 Å². The first-order valence-corrected chi connectivity index (χ1v) is 8.05. The third-order valence-electron chi connectivity index (χ3n) is 3.64. The number of benzene rings is 1. The number of hydrogen-bond acceptors (Lipinski definition) is 4. The van der Waals surface area contributed by atoms with Crippen molar-refractivity contribution in [2.24, 2.45) is 5.92 Å². The first-order chi connectivity index (χ1) is 9.84. The number of sulfonamides is 1. The van der Waals surface area contributed by atoms with E-state index in [1.807, 2.05) is 0 Å². The van der Waals surface area contributed by atoms with Crippen molar-refractivity contribution >= 4 is 15.7 Å². The fraction of sp³-hybridized carbons (Fsp3) is 0.538. The predicted octanol–water partition coefficient (Wildman–Crippen LogP) is 1.59. The molecular formula is C13H18F2N2O3S. The van der Waals surface area contributed by atoms with E-state index in [9.17, 15) is 17.2 Å². The number of hydrogen-bond donors (Lipinski definition) is 1. The highest BCUT2D eigenvalue weighted by Gasteiger charge is 2.29. The largest absolute Gasteiger partial charge is 0.394 e. The molecule has 1 aromatic carbocycles. The molecule has 0 unspecified atom stereocenters. The molecule has 1 heterocycles. The molecule has 1 saturated heterocycles. The molecule has 2 N–H and O–H groups in total. The highest BCUT2D eigenvalue weighted by atomic mass is 32.2. The summed E-state index contributed by atoms with van der Waals surface area (Å²) in [6.07, 6.45) is 1.52. The standard InChI is InChI=1S/C13H18F2N2O3S/c1-17(8-9-4-6-20-7-5-9)21(18,19)11-3-2-10(14)13(16)12(11)15/h2-3,9H,4-8,16H2,1H3. The molecule has 0 aliphatic carbocycles. The summed E-state index contributed by atoms with van der Waals surface area (Å²) < 4.78 is 58.1. The van der Waals surface area contributed by atoms with E-state index >= 15 is 0 Å². The van der Waals surface area contributed by atoms with E-state index in [0.29, 0.717) is 13.2 Å². The average molecular weight is 320 g/mol. The van der Waals surface area contributed by atoms with Gasteiger partial charge in [0.25, 0.3) is 0 Å². The Morgan fingerprint density at radius 3 is 2.57 bits per heavy atom. The van der Waals surface area contributed by atoms with E-state index in [1.165, 1.54) is 7.05 Å². The van der Waals surface area contributed by atoms with E-state index in [4.69, 9.17) is 10.5 Å². The lowest BCUT2D eigenvalue weighted by atomic mass is 10.0. The second kappa shape index (κ2) is 6.25. The maximum atomic E-state index is 13.9. The van der Waals surface area contributed by atoms with Crippen LogP contribution < -0.4 is 5.73 Å². The molecule has 0 amide bonds. The van der Waals surface area contributed by atoms with Crippen LogP contribution in [-0.4, -0.2) is 39.5 Å². The lowest BCUT2D eigenvalue weighted by Gasteiger charge is -2.26. The summed E-state index contributed by atoms with van der Waals surface area (Å²) in [6.45, 7) is 1.45. The SMILES string of the molecule is CN(CC1CCOCC1)S(=O)(=O)c1ccc(F)c(N)c1F. The fourth-order valence-electron chi connectivity index (χ4n) is 2.31. The van der Waals surface area contributed by atoms with Gasteiger partial charge in [-0.05, 0) is 30.9 Å². The summed E-state index contributed by atoms with van der Waals surface area (Å²) in [6, 6.07) is 1.75. The summed E-state index contributed by atoms with van der Waals surface area (Å²) in [7, 11) is -2.66. The smallest absolute Gasteiger partial charge is 0.245 e. The first-order valence-electron chi connectivity index (χ1n) is 6.61. The van der Waals surface area contributed by atoms with Gasteiger partial charge in [0.05, 0.1) is 0 Å². The molecule has 8 heteroatoms. The average Bonchev–Trinajstić information content (AvgIpc) is 2.45. The molecule has 2 rings (SSSR count). The van der Waals surface area contributed by atoms with Crippen LogP contribution in [0.15, 0.2) is 17.0 Å². The molecular weight excluding hydrogens is 302 g/mol. The van der Waals surface area contributed by atoms with E-state index < -0.39 is 32.2 Å². The Morgan fingerprint density at radius 2 is 1.95 bits per heavy atom. The van der Waals surface area contributed by atoms with Crippen molar-refractivity contribution < 1.29 is 21.9 Å². The molecule has 0 saturated carbocycles. The summed E-state index contributed by atoms with van der Waals surface area (Å²) in [5, 5.41) is 0. The van der Waals surface area contributed by atoms with Gasteiger partial charge in [-0.1, -0.05) is 0 Å². The maximum absolute atomic E-state index is 13.9. The zero-order valence-corrected chi connectivity index (χ0v) is 12.5. The molecule has 0 aromatic heterocycles. The van der Waals surface area contributed by atoms with Crippen LogP contribution >= 0.6 is 0 Å². The number of nitrogen functional groups attached to an aromatic ring is 1. The number of nitrogens with zero attached hydrogens (tertiary/aromatic N) is 1. The first kappa shape index (κ1) is 16.1. The van der Waals surface area contributed by atoms with Gasteiger partial charge in [0.1, 0.15) is 16.4 Å². The quantitative estimate of drug-likeness (QED) is 0.855. The van der Waals surface area contributed by atoms with Gasteiger partial charge in [-0.3, -0.25) is 0 Å². The third-order valence-corrected chi connectivity index (χ3v) is 5.48. The monoisotopic (exact) mass is 320 g/mol. The lowest BCUT2D eigenvalue weighted by Crippen LogP contribution is -2.34. The van der Waals surface area contributed by atoms with Crippen LogP contribution in [0.25, 0.3) is 0 Å². The van der Waals surface area contributed by atoms with Crippen molar-refractivity contribution in [1.29, 1.82) is 0 Å². The van der Waals surface area contributed by atoms with Crippen molar-refractivity contribution in [2.75, 3.05) is 32.5 Å². The minimum Gasteiger partial charge on any atom is -0.394 e.